The maximum Gasteiger partial charge on any atom is 0.335 e. The number of aromatic carboxylic acids is 1. The minimum atomic E-state index is -1.02. The fraction of sp³-hybridized carbons (Fsp3) is 0.429. The standard InChI is InChI=1S/C14H16N2O5/c1-8-14(19,4-5-20-8)7-15-13-16-10-3-2-9(12(17)18)6-11(10)21-13/h2-3,6,8,19H,4-5,7H2,1H3,(H,15,16)(H,17,18). The lowest BCUT2D eigenvalue weighted by Crippen LogP contribution is -2.43. The number of carboxylic acids is 1. The van der Waals surface area contributed by atoms with Crippen LogP contribution in [0.5, 0.6) is 0 Å². The van der Waals surface area contributed by atoms with E-state index < -0.39 is 11.6 Å². The second kappa shape index (κ2) is 5.01. The SMILES string of the molecule is CC1OCCC1(O)CNc1nc2ccc(C(=O)O)cc2o1. The highest BCUT2D eigenvalue weighted by Crippen LogP contribution is 2.27. The molecule has 0 saturated carbocycles. The van der Waals surface area contributed by atoms with Crippen LogP contribution in [-0.2, 0) is 4.74 Å². The van der Waals surface area contributed by atoms with E-state index in [0.717, 1.165) is 0 Å². The summed E-state index contributed by atoms with van der Waals surface area (Å²) in [6.07, 6.45) is 0.290. The van der Waals surface area contributed by atoms with E-state index in [-0.39, 0.29) is 24.2 Å². The highest BCUT2D eigenvalue weighted by atomic mass is 16.5. The zero-order valence-electron chi connectivity index (χ0n) is 11.5. The summed E-state index contributed by atoms with van der Waals surface area (Å²) in [5.41, 5.74) is 0.138. The van der Waals surface area contributed by atoms with Gasteiger partial charge < -0.3 is 24.7 Å². The van der Waals surface area contributed by atoms with Gasteiger partial charge in [0.25, 0.3) is 6.01 Å². The Kier molecular flexibility index (Phi) is 3.30. The first-order chi connectivity index (χ1) is 9.98. The molecule has 112 valence electrons. The van der Waals surface area contributed by atoms with Crippen molar-refractivity contribution in [1.29, 1.82) is 0 Å². The Morgan fingerprint density at radius 2 is 2.38 bits per heavy atom. The van der Waals surface area contributed by atoms with Gasteiger partial charge in [-0.1, -0.05) is 0 Å². The van der Waals surface area contributed by atoms with E-state index in [1.54, 1.807) is 6.07 Å². The van der Waals surface area contributed by atoms with E-state index >= 15 is 0 Å². The highest BCUT2D eigenvalue weighted by molar-refractivity contribution is 5.92. The lowest BCUT2D eigenvalue weighted by molar-refractivity contribution is -0.0178. The van der Waals surface area contributed by atoms with E-state index in [0.29, 0.717) is 24.1 Å². The first kappa shape index (κ1) is 13.8. The number of nitrogens with zero attached hydrogens (tertiary/aromatic N) is 1. The van der Waals surface area contributed by atoms with Crippen molar-refractivity contribution < 1.29 is 24.2 Å². The molecule has 1 aromatic carbocycles. The number of anilines is 1. The van der Waals surface area contributed by atoms with Gasteiger partial charge in [-0.05, 0) is 25.1 Å². The van der Waals surface area contributed by atoms with E-state index in [4.69, 9.17) is 14.3 Å². The highest BCUT2D eigenvalue weighted by Gasteiger charge is 2.39. The largest absolute Gasteiger partial charge is 0.478 e. The Balaban J connectivity index is 1.77. The van der Waals surface area contributed by atoms with Crippen molar-refractivity contribution in [3.05, 3.63) is 23.8 Å². The Hall–Kier alpha value is -2.12. The summed E-state index contributed by atoms with van der Waals surface area (Å²) in [5.74, 6) is -1.02. The second-order valence-electron chi connectivity index (χ2n) is 5.23. The molecule has 2 unspecified atom stereocenters. The molecule has 0 spiro atoms. The van der Waals surface area contributed by atoms with Crippen LogP contribution in [0.25, 0.3) is 11.1 Å². The summed E-state index contributed by atoms with van der Waals surface area (Å²) in [6, 6.07) is 4.73. The third-order valence-electron chi connectivity index (χ3n) is 3.84. The van der Waals surface area contributed by atoms with Crippen LogP contribution in [0.4, 0.5) is 6.01 Å². The molecule has 2 aromatic rings. The van der Waals surface area contributed by atoms with Crippen molar-refractivity contribution in [3.8, 4) is 0 Å². The number of aliphatic hydroxyl groups is 1. The molecule has 1 aliphatic heterocycles. The van der Waals surface area contributed by atoms with Gasteiger partial charge in [-0.25, -0.2) is 4.79 Å². The average molecular weight is 292 g/mol. The van der Waals surface area contributed by atoms with Crippen LogP contribution in [0.3, 0.4) is 0 Å². The summed E-state index contributed by atoms with van der Waals surface area (Å²) < 4.78 is 10.8. The summed E-state index contributed by atoms with van der Waals surface area (Å²) in [5, 5.41) is 22.3. The molecule has 1 fully saturated rings. The summed E-state index contributed by atoms with van der Waals surface area (Å²) in [6.45, 7) is 2.60. The normalized spacial score (nSPS) is 25.3. The molecular weight excluding hydrogens is 276 g/mol. The van der Waals surface area contributed by atoms with Gasteiger partial charge in [-0.3, -0.25) is 0 Å². The average Bonchev–Trinajstić information content (AvgIpc) is 3.00. The first-order valence-electron chi connectivity index (χ1n) is 6.70. The molecule has 1 aliphatic rings. The molecule has 0 aliphatic carbocycles. The summed E-state index contributed by atoms with van der Waals surface area (Å²) >= 11 is 0. The molecule has 0 bridgehead atoms. The Morgan fingerprint density at radius 1 is 1.57 bits per heavy atom. The molecule has 7 nitrogen and oxygen atoms in total. The number of oxazole rings is 1. The van der Waals surface area contributed by atoms with Crippen LogP contribution in [0, 0.1) is 0 Å². The van der Waals surface area contributed by atoms with Crippen LogP contribution >= 0.6 is 0 Å². The molecule has 3 N–H and O–H groups in total. The van der Waals surface area contributed by atoms with Crippen molar-refractivity contribution >= 4 is 23.1 Å². The summed E-state index contributed by atoms with van der Waals surface area (Å²) in [7, 11) is 0. The van der Waals surface area contributed by atoms with E-state index in [9.17, 15) is 9.90 Å². The number of rotatable bonds is 4. The number of carboxylic acid groups (broad SMARTS) is 1. The van der Waals surface area contributed by atoms with Crippen molar-refractivity contribution in [2.45, 2.75) is 25.0 Å². The maximum atomic E-state index is 10.9. The van der Waals surface area contributed by atoms with Gasteiger partial charge in [0.2, 0.25) is 0 Å². The van der Waals surface area contributed by atoms with Crippen LogP contribution in [0.1, 0.15) is 23.7 Å². The van der Waals surface area contributed by atoms with Crippen LogP contribution in [-0.4, -0.2) is 46.0 Å². The van der Waals surface area contributed by atoms with Crippen molar-refractivity contribution in [1.82, 2.24) is 4.98 Å². The number of hydrogen-bond donors (Lipinski definition) is 3. The molecule has 0 amide bonds. The van der Waals surface area contributed by atoms with Crippen LogP contribution in [0.15, 0.2) is 22.6 Å². The molecule has 1 aromatic heterocycles. The van der Waals surface area contributed by atoms with Crippen molar-refractivity contribution in [3.63, 3.8) is 0 Å². The lowest BCUT2D eigenvalue weighted by Gasteiger charge is -2.25. The number of ether oxygens (including phenoxy) is 1. The number of aromatic nitrogens is 1. The topological polar surface area (TPSA) is 105 Å². The quantitative estimate of drug-likeness (QED) is 0.783. The molecule has 2 atom stereocenters. The van der Waals surface area contributed by atoms with Gasteiger partial charge in [-0.2, -0.15) is 4.98 Å². The zero-order valence-corrected chi connectivity index (χ0v) is 11.5. The molecule has 7 heteroatoms. The van der Waals surface area contributed by atoms with Gasteiger partial charge in [0, 0.05) is 13.0 Å². The van der Waals surface area contributed by atoms with E-state index in [1.165, 1.54) is 12.1 Å². The first-order valence-corrected chi connectivity index (χ1v) is 6.70. The molecule has 0 radical (unpaired) electrons. The number of hydrogen-bond acceptors (Lipinski definition) is 6. The molecule has 2 heterocycles. The minimum absolute atomic E-state index is 0.140. The number of benzene rings is 1. The molecule has 21 heavy (non-hydrogen) atoms. The van der Waals surface area contributed by atoms with E-state index in [2.05, 4.69) is 10.3 Å². The van der Waals surface area contributed by atoms with E-state index in [1.807, 2.05) is 6.92 Å². The van der Waals surface area contributed by atoms with Crippen molar-refractivity contribution in [2.24, 2.45) is 0 Å². The number of nitrogens with one attached hydrogen (secondary N) is 1. The fourth-order valence-electron chi connectivity index (χ4n) is 2.36. The smallest absolute Gasteiger partial charge is 0.335 e. The Morgan fingerprint density at radius 3 is 3.05 bits per heavy atom. The summed E-state index contributed by atoms with van der Waals surface area (Å²) in [4.78, 5) is 15.1. The van der Waals surface area contributed by atoms with Gasteiger partial charge >= 0.3 is 5.97 Å². The fourth-order valence-corrected chi connectivity index (χ4v) is 2.36. The molecule has 3 rings (SSSR count). The Bertz CT molecular complexity index is 683. The maximum absolute atomic E-state index is 10.9. The van der Waals surface area contributed by atoms with Gasteiger partial charge in [-0.15, -0.1) is 0 Å². The molecule has 1 saturated heterocycles. The van der Waals surface area contributed by atoms with Crippen molar-refractivity contribution in [2.75, 3.05) is 18.5 Å². The minimum Gasteiger partial charge on any atom is -0.478 e. The second-order valence-corrected chi connectivity index (χ2v) is 5.23. The predicted molar refractivity (Wildman–Crippen MR) is 74.4 cm³/mol. The number of carbonyl (C=O) groups is 1. The zero-order chi connectivity index (χ0) is 15.0. The van der Waals surface area contributed by atoms with Gasteiger partial charge in [0.05, 0.1) is 18.2 Å². The third kappa shape index (κ3) is 2.57. The Labute approximate surface area is 120 Å². The van der Waals surface area contributed by atoms with Crippen LogP contribution in [0.2, 0.25) is 0 Å². The molecular formula is C14H16N2O5. The predicted octanol–water partition coefficient (Wildman–Crippen LogP) is 1.48. The lowest BCUT2D eigenvalue weighted by atomic mass is 9.97. The van der Waals surface area contributed by atoms with Gasteiger partial charge in [0.1, 0.15) is 11.1 Å². The van der Waals surface area contributed by atoms with Gasteiger partial charge in [0.15, 0.2) is 5.58 Å². The van der Waals surface area contributed by atoms with Crippen LogP contribution < -0.4 is 5.32 Å². The monoisotopic (exact) mass is 292 g/mol. The third-order valence-corrected chi connectivity index (χ3v) is 3.84. The number of fused-ring (bicyclic) bond motifs is 1.